The Morgan fingerprint density at radius 1 is 0.412 bits per heavy atom. The summed E-state index contributed by atoms with van der Waals surface area (Å²) in [5, 5.41) is 0. The van der Waals surface area contributed by atoms with Gasteiger partial charge in [-0.05, 0) is 19.3 Å². The first-order valence-corrected chi connectivity index (χ1v) is 15.8. The SMILES string of the molecule is CCCCCCCCCCC(CCCCCCCC)C(CCCCCCCCCC)(OC)OC. The second kappa shape index (κ2) is 26.0. The monoisotopic (exact) mass is 483 g/mol. The third-order valence-electron chi connectivity index (χ3n) is 8.00. The van der Waals surface area contributed by atoms with Crippen LogP contribution in [0.4, 0.5) is 0 Å². The second-order valence-corrected chi connectivity index (χ2v) is 11.0. The van der Waals surface area contributed by atoms with Gasteiger partial charge < -0.3 is 9.47 Å². The fourth-order valence-electron chi connectivity index (χ4n) is 5.61. The molecule has 2 nitrogen and oxygen atoms in total. The van der Waals surface area contributed by atoms with Crippen LogP contribution < -0.4 is 0 Å². The van der Waals surface area contributed by atoms with Gasteiger partial charge in [0.25, 0.3) is 0 Å². The average molecular weight is 483 g/mol. The van der Waals surface area contributed by atoms with E-state index in [-0.39, 0.29) is 5.79 Å². The van der Waals surface area contributed by atoms with E-state index >= 15 is 0 Å². The van der Waals surface area contributed by atoms with E-state index in [0.29, 0.717) is 5.92 Å². The Morgan fingerprint density at radius 2 is 0.706 bits per heavy atom. The molecule has 1 atom stereocenters. The van der Waals surface area contributed by atoms with Crippen molar-refractivity contribution in [2.75, 3.05) is 14.2 Å². The number of hydrogen-bond donors (Lipinski definition) is 0. The van der Waals surface area contributed by atoms with Gasteiger partial charge in [-0.25, -0.2) is 0 Å². The quantitative estimate of drug-likeness (QED) is 0.0815. The first-order chi connectivity index (χ1) is 16.7. The maximum atomic E-state index is 6.20. The zero-order valence-corrected chi connectivity index (χ0v) is 24.6. The molecule has 0 amide bonds. The van der Waals surface area contributed by atoms with Crippen LogP contribution in [0.25, 0.3) is 0 Å². The first kappa shape index (κ1) is 33.9. The van der Waals surface area contributed by atoms with Gasteiger partial charge in [-0.1, -0.05) is 156 Å². The number of hydrogen-bond acceptors (Lipinski definition) is 2. The van der Waals surface area contributed by atoms with Crippen LogP contribution in [-0.2, 0) is 9.47 Å². The molecule has 0 saturated carbocycles. The van der Waals surface area contributed by atoms with Crippen molar-refractivity contribution in [2.24, 2.45) is 5.92 Å². The summed E-state index contributed by atoms with van der Waals surface area (Å²) in [6.45, 7) is 6.90. The third-order valence-corrected chi connectivity index (χ3v) is 8.00. The number of ether oxygens (including phenoxy) is 2. The van der Waals surface area contributed by atoms with E-state index < -0.39 is 0 Å². The van der Waals surface area contributed by atoms with Crippen molar-refractivity contribution in [1.29, 1.82) is 0 Å². The summed E-state index contributed by atoms with van der Waals surface area (Å²) in [5.74, 6) is 0.172. The molecule has 0 aromatic rings. The highest BCUT2D eigenvalue weighted by Crippen LogP contribution is 2.36. The van der Waals surface area contributed by atoms with Crippen molar-refractivity contribution in [3.8, 4) is 0 Å². The van der Waals surface area contributed by atoms with Crippen LogP contribution in [0.2, 0.25) is 0 Å². The van der Waals surface area contributed by atoms with Gasteiger partial charge in [0, 0.05) is 26.6 Å². The molecule has 0 aliphatic heterocycles. The highest BCUT2D eigenvalue weighted by molar-refractivity contribution is 4.80. The second-order valence-electron chi connectivity index (χ2n) is 11.0. The van der Waals surface area contributed by atoms with Crippen molar-refractivity contribution < 1.29 is 9.47 Å². The Hall–Kier alpha value is -0.0800. The van der Waals surface area contributed by atoms with Crippen molar-refractivity contribution in [1.82, 2.24) is 0 Å². The van der Waals surface area contributed by atoms with Gasteiger partial charge in [0.1, 0.15) is 0 Å². The number of methoxy groups -OCH3 is 2. The van der Waals surface area contributed by atoms with Gasteiger partial charge in [0.05, 0.1) is 0 Å². The van der Waals surface area contributed by atoms with E-state index in [9.17, 15) is 0 Å². The van der Waals surface area contributed by atoms with Crippen molar-refractivity contribution in [2.45, 2.75) is 187 Å². The lowest BCUT2D eigenvalue weighted by Gasteiger charge is -2.39. The topological polar surface area (TPSA) is 18.5 Å². The summed E-state index contributed by atoms with van der Waals surface area (Å²) >= 11 is 0. The van der Waals surface area contributed by atoms with Gasteiger partial charge in [-0.2, -0.15) is 0 Å². The molecule has 1 unspecified atom stereocenters. The van der Waals surface area contributed by atoms with E-state index in [4.69, 9.17) is 9.47 Å². The van der Waals surface area contributed by atoms with Crippen LogP contribution in [-0.4, -0.2) is 20.0 Å². The summed E-state index contributed by atoms with van der Waals surface area (Å²) in [7, 11) is 3.80. The van der Waals surface area contributed by atoms with Gasteiger partial charge >= 0.3 is 0 Å². The van der Waals surface area contributed by atoms with E-state index in [2.05, 4.69) is 20.8 Å². The van der Waals surface area contributed by atoms with E-state index in [1.807, 2.05) is 14.2 Å². The van der Waals surface area contributed by atoms with Gasteiger partial charge in [-0.3, -0.25) is 0 Å². The molecule has 0 heterocycles. The summed E-state index contributed by atoms with van der Waals surface area (Å²) < 4.78 is 12.4. The molecule has 0 N–H and O–H groups in total. The fraction of sp³-hybridized carbons (Fsp3) is 1.00. The lowest BCUT2D eigenvalue weighted by atomic mass is 9.84. The Kier molecular flexibility index (Phi) is 25.9. The molecule has 0 aromatic heterocycles. The highest BCUT2D eigenvalue weighted by Gasteiger charge is 2.37. The third kappa shape index (κ3) is 18.2. The van der Waals surface area contributed by atoms with Crippen LogP contribution in [0.5, 0.6) is 0 Å². The van der Waals surface area contributed by atoms with Gasteiger partial charge in [-0.15, -0.1) is 0 Å². The minimum atomic E-state index is -0.368. The molecular weight excluding hydrogens is 416 g/mol. The standard InChI is InChI=1S/C32H66O2/c1-6-9-12-15-18-20-23-26-29-31(28-25-22-17-14-11-8-3)32(33-4,34-5)30-27-24-21-19-16-13-10-7-2/h31H,6-30H2,1-5H3. The molecule has 0 fully saturated rings. The molecule has 206 valence electrons. The van der Waals surface area contributed by atoms with Crippen molar-refractivity contribution >= 4 is 0 Å². The summed E-state index contributed by atoms with van der Waals surface area (Å²) in [4.78, 5) is 0. The average Bonchev–Trinajstić information content (AvgIpc) is 2.86. The molecule has 0 aromatic carbocycles. The molecule has 0 rings (SSSR count). The summed E-state index contributed by atoms with van der Waals surface area (Å²) in [6, 6.07) is 0. The lowest BCUT2D eigenvalue weighted by molar-refractivity contribution is -0.247. The maximum absolute atomic E-state index is 6.20. The maximum Gasteiger partial charge on any atom is 0.170 e. The molecule has 0 bridgehead atoms. The van der Waals surface area contributed by atoms with E-state index in [0.717, 1.165) is 6.42 Å². The van der Waals surface area contributed by atoms with Crippen LogP contribution in [0.1, 0.15) is 181 Å². The minimum absolute atomic E-state index is 0.368. The van der Waals surface area contributed by atoms with E-state index in [1.54, 1.807) is 0 Å². The predicted octanol–water partition coefficient (Wildman–Crippen LogP) is 11.4. The zero-order chi connectivity index (χ0) is 25.2. The molecule has 0 spiro atoms. The summed E-state index contributed by atoms with van der Waals surface area (Å²) in [6.07, 6.45) is 33.8. The molecule has 34 heavy (non-hydrogen) atoms. The minimum Gasteiger partial charge on any atom is -0.353 e. The normalized spacial score (nSPS) is 13.0. The Bertz CT molecular complexity index is 377. The number of unbranched alkanes of at least 4 members (excludes halogenated alkanes) is 19. The smallest absolute Gasteiger partial charge is 0.170 e. The first-order valence-electron chi connectivity index (χ1n) is 15.8. The van der Waals surface area contributed by atoms with Crippen LogP contribution in [0, 0.1) is 5.92 Å². The highest BCUT2D eigenvalue weighted by atomic mass is 16.7. The molecule has 0 aliphatic carbocycles. The van der Waals surface area contributed by atoms with Gasteiger partial charge in [0.15, 0.2) is 5.79 Å². The molecule has 0 radical (unpaired) electrons. The van der Waals surface area contributed by atoms with Crippen LogP contribution in [0.3, 0.4) is 0 Å². The van der Waals surface area contributed by atoms with E-state index in [1.165, 1.54) is 154 Å². The van der Waals surface area contributed by atoms with Crippen molar-refractivity contribution in [3.63, 3.8) is 0 Å². The summed E-state index contributed by atoms with van der Waals surface area (Å²) in [5.41, 5.74) is 0. The largest absolute Gasteiger partial charge is 0.353 e. The molecule has 2 heteroatoms. The zero-order valence-electron chi connectivity index (χ0n) is 24.6. The lowest BCUT2D eigenvalue weighted by Crippen LogP contribution is -2.42. The molecule has 0 saturated heterocycles. The Morgan fingerprint density at radius 3 is 1.03 bits per heavy atom. The Labute approximate surface area is 216 Å². The van der Waals surface area contributed by atoms with Gasteiger partial charge in [0.2, 0.25) is 0 Å². The van der Waals surface area contributed by atoms with Crippen molar-refractivity contribution in [3.05, 3.63) is 0 Å². The predicted molar refractivity (Wildman–Crippen MR) is 153 cm³/mol. The fourth-order valence-corrected chi connectivity index (χ4v) is 5.61. The van der Waals surface area contributed by atoms with Crippen LogP contribution in [0.15, 0.2) is 0 Å². The molecule has 0 aliphatic rings. The van der Waals surface area contributed by atoms with Crippen LogP contribution >= 0.6 is 0 Å². The molecular formula is C32H66O2. The Balaban J connectivity index is 4.57. The number of rotatable bonds is 28.